The molecule has 0 saturated heterocycles. The van der Waals surface area contributed by atoms with E-state index in [-0.39, 0.29) is 24.8 Å². The smallest absolute Gasteiger partial charge is 0.225 e. The number of nitrogens with zero attached hydrogens (tertiary/aromatic N) is 5. The van der Waals surface area contributed by atoms with E-state index in [0.717, 1.165) is 44.3 Å². The topological polar surface area (TPSA) is 58.3 Å². The van der Waals surface area contributed by atoms with E-state index >= 15 is 0 Å². The molecule has 1 aliphatic rings. The molecule has 0 atom stereocenters. The van der Waals surface area contributed by atoms with Crippen LogP contribution in [0.4, 0.5) is 5.95 Å². The maximum atomic E-state index is 5.44. The molecule has 0 fully saturated rings. The second-order valence-corrected chi connectivity index (χ2v) is 6.41. The Morgan fingerprint density at radius 3 is 2.67 bits per heavy atom. The van der Waals surface area contributed by atoms with Crippen molar-refractivity contribution in [3.8, 4) is 0 Å². The van der Waals surface area contributed by atoms with E-state index in [1.165, 1.54) is 16.7 Å². The van der Waals surface area contributed by atoms with Crippen molar-refractivity contribution in [1.29, 1.82) is 0 Å². The summed E-state index contributed by atoms with van der Waals surface area (Å²) in [4.78, 5) is 17.6. The summed E-state index contributed by atoms with van der Waals surface area (Å²) in [5, 5.41) is 0. The fourth-order valence-corrected chi connectivity index (χ4v) is 3.34. The third-order valence-electron chi connectivity index (χ3n) is 4.51. The largest absolute Gasteiger partial charge is 0.468 e. The van der Waals surface area contributed by atoms with Crippen molar-refractivity contribution in [2.75, 3.05) is 18.5 Å². The van der Waals surface area contributed by atoms with Gasteiger partial charge in [-0.1, -0.05) is 0 Å². The van der Waals surface area contributed by atoms with Gasteiger partial charge in [0.15, 0.2) is 0 Å². The minimum Gasteiger partial charge on any atom is -0.468 e. The average Bonchev–Trinajstić information content (AvgIpc) is 3.15. The number of fused-ring (bicyclic) bond motifs is 1. The highest BCUT2D eigenvalue weighted by molar-refractivity contribution is 5.85. The number of rotatable bonds is 5. The van der Waals surface area contributed by atoms with Crippen LogP contribution < -0.4 is 4.90 Å². The lowest BCUT2D eigenvalue weighted by atomic mass is 9.97. The SMILES string of the molecule is CN(Cc1ccco1)Cc1cncc2c1CCN(c1ncccn1)C2.Cl.Cl. The monoisotopic (exact) mass is 407 g/mol. The van der Waals surface area contributed by atoms with Crippen LogP contribution in [-0.2, 0) is 26.1 Å². The molecular weight excluding hydrogens is 385 g/mol. The Bertz CT molecular complexity index is 829. The van der Waals surface area contributed by atoms with Crippen LogP contribution in [-0.4, -0.2) is 33.4 Å². The molecule has 1 aliphatic heterocycles. The Balaban J connectivity index is 0.00000131. The first-order chi connectivity index (χ1) is 12.3. The first kappa shape index (κ1) is 21.2. The van der Waals surface area contributed by atoms with Crippen LogP contribution in [0, 0.1) is 0 Å². The van der Waals surface area contributed by atoms with Gasteiger partial charge >= 0.3 is 0 Å². The van der Waals surface area contributed by atoms with Crippen molar-refractivity contribution in [3.05, 3.63) is 71.7 Å². The third kappa shape index (κ3) is 4.97. The quantitative estimate of drug-likeness (QED) is 0.644. The Morgan fingerprint density at radius 2 is 1.93 bits per heavy atom. The molecule has 0 saturated carbocycles. The Morgan fingerprint density at radius 1 is 1.11 bits per heavy atom. The summed E-state index contributed by atoms with van der Waals surface area (Å²) in [5.41, 5.74) is 3.97. The molecule has 0 bridgehead atoms. The van der Waals surface area contributed by atoms with Gasteiger partial charge in [-0.3, -0.25) is 9.88 Å². The van der Waals surface area contributed by atoms with Crippen molar-refractivity contribution >= 4 is 30.8 Å². The van der Waals surface area contributed by atoms with E-state index in [2.05, 4.69) is 31.8 Å². The van der Waals surface area contributed by atoms with Crippen LogP contribution in [0.15, 0.2) is 53.7 Å². The molecule has 8 heteroatoms. The lowest BCUT2D eigenvalue weighted by Gasteiger charge is -2.30. The second kappa shape index (κ2) is 9.69. The summed E-state index contributed by atoms with van der Waals surface area (Å²) in [6.07, 6.45) is 10.2. The van der Waals surface area contributed by atoms with Gasteiger partial charge in [-0.15, -0.1) is 24.8 Å². The summed E-state index contributed by atoms with van der Waals surface area (Å²) in [7, 11) is 2.11. The first-order valence-electron chi connectivity index (χ1n) is 8.47. The highest BCUT2D eigenvalue weighted by Gasteiger charge is 2.21. The summed E-state index contributed by atoms with van der Waals surface area (Å²) in [5.74, 6) is 1.76. The second-order valence-electron chi connectivity index (χ2n) is 6.41. The average molecular weight is 408 g/mol. The predicted octanol–water partition coefficient (Wildman–Crippen LogP) is 3.50. The van der Waals surface area contributed by atoms with E-state index in [1.807, 2.05) is 30.6 Å². The molecule has 3 aromatic heterocycles. The highest BCUT2D eigenvalue weighted by Crippen LogP contribution is 2.24. The van der Waals surface area contributed by atoms with Crippen LogP contribution in [0.3, 0.4) is 0 Å². The molecule has 3 aromatic rings. The van der Waals surface area contributed by atoms with Gasteiger partial charge in [0.1, 0.15) is 5.76 Å². The number of pyridine rings is 1. The number of furan rings is 1. The summed E-state index contributed by atoms with van der Waals surface area (Å²) >= 11 is 0. The van der Waals surface area contributed by atoms with Gasteiger partial charge in [-0.25, -0.2) is 9.97 Å². The van der Waals surface area contributed by atoms with Gasteiger partial charge in [0.2, 0.25) is 5.95 Å². The number of anilines is 1. The highest BCUT2D eigenvalue weighted by atomic mass is 35.5. The van der Waals surface area contributed by atoms with Gasteiger partial charge < -0.3 is 9.32 Å². The van der Waals surface area contributed by atoms with Crippen LogP contribution in [0.1, 0.15) is 22.5 Å². The van der Waals surface area contributed by atoms with Crippen molar-refractivity contribution in [2.24, 2.45) is 0 Å². The van der Waals surface area contributed by atoms with E-state index in [0.29, 0.717) is 0 Å². The van der Waals surface area contributed by atoms with Crippen LogP contribution in [0.5, 0.6) is 0 Å². The Kier molecular flexibility index (Phi) is 7.59. The minimum atomic E-state index is 0. The number of hydrogen-bond acceptors (Lipinski definition) is 6. The standard InChI is InChI=1S/C19H21N5O.2ClH/c1-23(14-17-4-2-9-25-17)12-15-10-20-11-16-13-24(8-5-18(15)16)19-21-6-3-7-22-19;;/h2-4,6-7,9-11H,5,8,12-14H2,1H3;2*1H. The fraction of sp³-hybridized carbons (Fsp3) is 0.316. The maximum Gasteiger partial charge on any atom is 0.225 e. The molecule has 0 amide bonds. The lowest BCUT2D eigenvalue weighted by molar-refractivity contribution is 0.286. The lowest BCUT2D eigenvalue weighted by Crippen LogP contribution is -2.33. The Hall–Kier alpha value is -2.15. The van der Waals surface area contributed by atoms with Crippen LogP contribution >= 0.6 is 24.8 Å². The molecule has 4 rings (SSSR count). The van der Waals surface area contributed by atoms with Crippen molar-refractivity contribution in [1.82, 2.24) is 19.9 Å². The molecule has 0 unspecified atom stereocenters. The number of aromatic nitrogens is 3. The van der Waals surface area contributed by atoms with E-state index in [9.17, 15) is 0 Å². The molecule has 0 radical (unpaired) electrons. The summed E-state index contributed by atoms with van der Waals surface area (Å²) in [6, 6.07) is 5.78. The van der Waals surface area contributed by atoms with E-state index in [4.69, 9.17) is 4.42 Å². The van der Waals surface area contributed by atoms with Crippen molar-refractivity contribution < 1.29 is 4.42 Å². The molecular formula is C19H23Cl2N5O. The van der Waals surface area contributed by atoms with Gasteiger partial charge in [0, 0.05) is 44.4 Å². The van der Waals surface area contributed by atoms with Crippen LogP contribution in [0.25, 0.3) is 0 Å². The molecule has 0 spiro atoms. The number of hydrogen-bond donors (Lipinski definition) is 0. The van der Waals surface area contributed by atoms with Gasteiger partial charge in [0.25, 0.3) is 0 Å². The van der Waals surface area contributed by atoms with E-state index < -0.39 is 0 Å². The maximum absolute atomic E-state index is 5.44. The molecule has 27 heavy (non-hydrogen) atoms. The minimum absolute atomic E-state index is 0. The summed E-state index contributed by atoms with van der Waals surface area (Å²) < 4.78 is 5.44. The zero-order chi connectivity index (χ0) is 17.1. The normalized spacial score (nSPS) is 12.9. The molecule has 0 aliphatic carbocycles. The Labute approximate surface area is 171 Å². The molecule has 6 nitrogen and oxygen atoms in total. The zero-order valence-corrected chi connectivity index (χ0v) is 16.7. The van der Waals surface area contributed by atoms with Crippen LogP contribution in [0.2, 0.25) is 0 Å². The number of halogens is 2. The van der Waals surface area contributed by atoms with Gasteiger partial charge in [0.05, 0.1) is 12.8 Å². The fourth-order valence-electron chi connectivity index (χ4n) is 3.34. The molecule has 144 valence electrons. The first-order valence-corrected chi connectivity index (χ1v) is 8.47. The molecule has 4 heterocycles. The van der Waals surface area contributed by atoms with E-state index in [1.54, 1.807) is 18.7 Å². The van der Waals surface area contributed by atoms with Gasteiger partial charge in [-0.05, 0) is 48.4 Å². The van der Waals surface area contributed by atoms with Gasteiger partial charge in [-0.2, -0.15) is 0 Å². The third-order valence-corrected chi connectivity index (χ3v) is 4.51. The zero-order valence-electron chi connectivity index (χ0n) is 15.1. The molecule has 0 aromatic carbocycles. The summed E-state index contributed by atoms with van der Waals surface area (Å²) in [6.45, 7) is 3.39. The molecule has 0 N–H and O–H groups in total. The predicted molar refractivity (Wildman–Crippen MR) is 109 cm³/mol. The van der Waals surface area contributed by atoms with Crippen molar-refractivity contribution in [2.45, 2.75) is 26.1 Å². The van der Waals surface area contributed by atoms with Crippen molar-refractivity contribution in [3.63, 3.8) is 0 Å².